The van der Waals surface area contributed by atoms with E-state index < -0.39 is 9.73 Å². The van der Waals surface area contributed by atoms with E-state index in [9.17, 15) is 4.21 Å². The van der Waals surface area contributed by atoms with Crippen molar-refractivity contribution in [3.05, 3.63) is 11.9 Å². The van der Waals surface area contributed by atoms with Gasteiger partial charge < -0.3 is 0 Å². The highest BCUT2D eigenvalue weighted by molar-refractivity contribution is 7.93. The summed E-state index contributed by atoms with van der Waals surface area (Å²) in [6, 6.07) is 0. The summed E-state index contributed by atoms with van der Waals surface area (Å²) in [5.41, 5.74) is 1.68. The lowest BCUT2D eigenvalue weighted by atomic mass is 10.1. The maximum absolute atomic E-state index is 11.9. The van der Waals surface area contributed by atoms with Crippen LogP contribution < -0.4 is 0 Å². The molecule has 86 valence electrons. The van der Waals surface area contributed by atoms with E-state index >= 15 is 0 Å². The molecule has 0 radical (unpaired) electrons. The second kappa shape index (κ2) is 4.35. The number of aryl methyl sites for hydroxylation is 1. The molecule has 1 aromatic rings. The smallest absolute Gasteiger partial charge is 0.114 e. The largest absolute Gasteiger partial charge is 0.273 e. The third kappa shape index (κ3) is 3.06. The topological polar surface area (TPSA) is 47.2 Å². The number of hydrogen-bond donors (Lipinski definition) is 0. The van der Waals surface area contributed by atoms with E-state index in [0.29, 0.717) is 11.7 Å². The Morgan fingerprint density at radius 2 is 2.20 bits per heavy atom. The lowest BCUT2D eigenvalue weighted by molar-refractivity contribution is 0.681. The Bertz CT molecular complexity index is 453. The summed E-state index contributed by atoms with van der Waals surface area (Å²) in [6.45, 7) is 6.01. The summed E-state index contributed by atoms with van der Waals surface area (Å²) in [5, 5.41) is 4.33. The van der Waals surface area contributed by atoms with Crippen molar-refractivity contribution in [3.63, 3.8) is 0 Å². The van der Waals surface area contributed by atoms with Crippen molar-refractivity contribution in [2.75, 3.05) is 12.0 Å². The van der Waals surface area contributed by atoms with Crippen molar-refractivity contribution in [2.24, 2.45) is 11.4 Å². The van der Waals surface area contributed by atoms with E-state index in [1.54, 1.807) is 10.9 Å². The van der Waals surface area contributed by atoms with Crippen molar-refractivity contribution in [3.8, 4) is 0 Å². The maximum Gasteiger partial charge on any atom is 0.114 e. The Kier molecular flexibility index (Phi) is 3.54. The van der Waals surface area contributed by atoms with Gasteiger partial charge in [-0.25, -0.2) is 4.21 Å². The van der Waals surface area contributed by atoms with Gasteiger partial charge in [-0.2, -0.15) is 9.46 Å². The first-order valence-corrected chi connectivity index (χ1v) is 7.18. The molecule has 0 bridgehead atoms. The normalized spacial score (nSPS) is 15.3. The highest BCUT2D eigenvalue weighted by Gasteiger charge is 2.12. The molecule has 1 heterocycles. The lowest BCUT2D eigenvalue weighted by Gasteiger charge is -2.02. The van der Waals surface area contributed by atoms with Gasteiger partial charge >= 0.3 is 0 Å². The van der Waals surface area contributed by atoms with E-state index in [1.807, 2.05) is 20.2 Å². The molecule has 0 aliphatic heterocycles. The van der Waals surface area contributed by atoms with Crippen LogP contribution in [0.5, 0.6) is 0 Å². The van der Waals surface area contributed by atoms with Crippen LogP contribution in [0.25, 0.3) is 0 Å². The molecule has 0 spiro atoms. The lowest BCUT2D eigenvalue weighted by Crippen LogP contribution is -1.98. The first kappa shape index (κ1) is 12.2. The second-order valence-corrected chi connectivity index (χ2v) is 6.75. The maximum atomic E-state index is 11.9. The van der Waals surface area contributed by atoms with Gasteiger partial charge in [0.25, 0.3) is 0 Å². The molecule has 1 aromatic heterocycles. The molecule has 0 N–H and O–H groups in total. The Labute approximate surface area is 91.9 Å². The summed E-state index contributed by atoms with van der Waals surface area (Å²) in [6.07, 6.45) is 3.51. The fourth-order valence-corrected chi connectivity index (χ4v) is 1.93. The van der Waals surface area contributed by atoms with Crippen LogP contribution in [-0.4, -0.2) is 26.0 Å². The first-order chi connectivity index (χ1) is 6.85. The zero-order valence-electron chi connectivity index (χ0n) is 10.0. The Morgan fingerprint density at radius 1 is 1.60 bits per heavy atom. The molecule has 1 rings (SSSR count). The van der Waals surface area contributed by atoms with Gasteiger partial charge in [0.05, 0.1) is 11.9 Å². The molecule has 4 nitrogen and oxygen atoms in total. The summed E-state index contributed by atoms with van der Waals surface area (Å²) in [7, 11) is -0.238. The van der Waals surface area contributed by atoms with Gasteiger partial charge in [-0.15, -0.1) is 0 Å². The van der Waals surface area contributed by atoms with Crippen LogP contribution in [0.2, 0.25) is 0 Å². The van der Waals surface area contributed by atoms with Crippen LogP contribution in [0, 0.1) is 0 Å². The van der Waals surface area contributed by atoms with Crippen molar-refractivity contribution in [1.82, 2.24) is 9.78 Å². The van der Waals surface area contributed by atoms with E-state index in [0.717, 1.165) is 11.4 Å². The fraction of sp³-hybridized carbons (Fsp3) is 0.700. The average Bonchev–Trinajstić information content (AvgIpc) is 2.46. The van der Waals surface area contributed by atoms with Crippen LogP contribution in [0.4, 0.5) is 5.69 Å². The molecule has 0 amide bonds. The SMILES string of the molecule is CC[S@@](C)(=O)=Nc1cn(C)nc1C(C)C. The zero-order chi connectivity index (χ0) is 11.6. The standard InChI is InChI=1S/C10H19N3OS/c1-6-15(5,14)12-9-7-13(4)11-10(9)8(2)3/h7-8H,6H2,1-5H3/t15-/m1/s1. The molecule has 15 heavy (non-hydrogen) atoms. The molecule has 0 aromatic carbocycles. The number of hydrogen-bond acceptors (Lipinski definition) is 3. The third-order valence-corrected chi connectivity index (χ3v) is 3.87. The first-order valence-electron chi connectivity index (χ1n) is 5.09. The number of aromatic nitrogens is 2. The monoisotopic (exact) mass is 229 g/mol. The van der Waals surface area contributed by atoms with Gasteiger partial charge in [-0.3, -0.25) is 4.68 Å². The summed E-state index contributed by atoms with van der Waals surface area (Å²) in [5.74, 6) is 0.872. The van der Waals surface area contributed by atoms with Crippen molar-refractivity contribution >= 4 is 15.4 Å². The molecule has 0 saturated carbocycles. The molecule has 0 fully saturated rings. The van der Waals surface area contributed by atoms with E-state index in [-0.39, 0.29) is 0 Å². The molecular formula is C10H19N3OS. The number of nitrogens with zero attached hydrogens (tertiary/aromatic N) is 3. The van der Waals surface area contributed by atoms with Crippen LogP contribution in [0.1, 0.15) is 32.4 Å². The van der Waals surface area contributed by atoms with Gasteiger partial charge in [0.2, 0.25) is 0 Å². The van der Waals surface area contributed by atoms with Crippen molar-refractivity contribution in [1.29, 1.82) is 0 Å². The molecule has 5 heteroatoms. The molecule has 0 aliphatic rings. The minimum atomic E-state index is -2.09. The minimum Gasteiger partial charge on any atom is -0.273 e. The zero-order valence-corrected chi connectivity index (χ0v) is 10.8. The van der Waals surface area contributed by atoms with Gasteiger partial charge in [0.15, 0.2) is 0 Å². The minimum absolute atomic E-state index is 0.303. The fourth-order valence-electron chi connectivity index (χ4n) is 1.25. The van der Waals surface area contributed by atoms with E-state index in [4.69, 9.17) is 0 Å². The van der Waals surface area contributed by atoms with Gasteiger partial charge in [0.1, 0.15) is 5.69 Å². The van der Waals surface area contributed by atoms with Gasteiger partial charge in [-0.05, 0) is 5.92 Å². The summed E-state index contributed by atoms with van der Waals surface area (Å²) < 4.78 is 17.9. The van der Waals surface area contributed by atoms with Crippen LogP contribution in [0.3, 0.4) is 0 Å². The van der Waals surface area contributed by atoms with Gasteiger partial charge in [0, 0.05) is 28.8 Å². The van der Waals surface area contributed by atoms with E-state index in [2.05, 4.69) is 23.3 Å². The van der Waals surface area contributed by atoms with E-state index in [1.165, 1.54) is 0 Å². The summed E-state index contributed by atoms with van der Waals surface area (Å²) >= 11 is 0. The van der Waals surface area contributed by atoms with Crippen LogP contribution in [0.15, 0.2) is 10.6 Å². The number of rotatable bonds is 3. The third-order valence-electron chi connectivity index (χ3n) is 2.21. The quantitative estimate of drug-likeness (QED) is 0.798. The molecule has 0 saturated heterocycles. The van der Waals surface area contributed by atoms with Crippen molar-refractivity contribution < 1.29 is 4.21 Å². The van der Waals surface area contributed by atoms with Gasteiger partial charge in [-0.1, -0.05) is 20.8 Å². The molecule has 1 atom stereocenters. The Hall–Kier alpha value is -0.840. The second-order valence-electron chi connectivity index (χ2n) is 4.07. The molecule has 0 unspecified atom stereocenters. The van der Waals surface area contributed by atoms with Crippen LogP contribution >= 0.6 is 0 Å². The van der Waals surface area contributed by atoms with Crippen molar-refractivity contribution in [2.45, 2.75) is 26.7 Å². The Balaban J connectivity index is 3.27. The Morgan fingerprint density at radius 3 is 2.67 bits per heavy atom. The highest BCUT2D eigenvalue weighted by atomic mass is 32.2. The molecular weight excluding hydrogens is 210 g/mol. The highest BCUT2D eigenvalue weighted by Crippen LogP contribution is 2.25. The summed E-state index contributed by atoms with van der Waals surface area (Å²) in [4.78, 5) is 0. The predicted octanol–water partition coefficient (Wildman–Crippen LogP) is 2.29. The predicted molar refractivity (Wildman–Crippen MR) is 64.0 cm³/mol. The average molecular weight is 229 g/mol. The molecule has 0 aliphatic carbocycles. The van der Waals surface area contributed by atoms with Crippen LogP contribution in [-0.2, 0) is 16.8 Å².